The Morgan fingerprint density at radius 2 is 2.11 bits per heavy atom. The smallest absolute Gasteiger partial charge is 0.231 e. The van der Waals surface area contributed by atoms with Gasteiger partial charge in [-0.15, -0.1) is 0 Å². The Morgan fingerprint density at radius 3 is 2.86 bits per heavy atom. The third-order valence-electron chi connectivity index (χ3n) is 4.79. The molecule has 1 aliphatic carbocycles. The third kappa shape index (κ3) is 2.63. The first-order valence-electron chi connectivity index (χ1n) is 8.38. The van der Waals surface area contributed by atoms with E-state index in [0.29, 0.717) is 33.4 Å². The summed E-state index contributed by atoms with van der Waals surface area (Å²) >= 11 is 12.2. The molecule has 4 aromatic rings. The summed E-state index contributed by atoms with van der Waals surface area (Å²) in [5, 5.41) is 13.8. The fourth-order valence-corrected chi connectivity index (χ4v) is 3.82. The molecular weight excluding hydrogens is 411 g/mol. The minimum atomic E-state index is -1.08. The van der Waals surface area contributed by atoms with E-state index in [4.69, 9.17) is 23.2 Å². The second-order valence-electron chi connectivity index (χ2n) is 6.64. The van der Waals surface area contributed by atoms with E-state index < -0.39 is 17.9 Å². The van der Waals surface area contributed by atoms with Gasteiger partial charge in [0.2, 0.25) is 5.91 Å². The van der Waals surface area contributed by atoms with Crippen molar-refractivity contribution in [3.63, 3.8) is 0 Å². The van der Waals surface area contributed by atoms with E-state index in [1.807, 2.05) is 0 Å². The normalized spacial score (nSPS) is 18.7. The molecule has 10 heteroatoms. The minimum absolute atomic E-state index is 0.112. The van der Waals surface area contributed by atoms with Crippen LogP contribution >= 0.6 is 23.2 Å². The van der Waals surface area contributed by atoms with Crippen LogP contribution in [0.5, 0.6) is 0 Å². The van der Waals surface area contributed by atoms with Crippen molar-refractivity contribution in [1.29, 1.82) is 0 Å². The lowest BCUT2D eigenvalue weighted by Crippen LogP contribution is -2.15. The number of nitrogens with one attached hydrogen (secondary N) is 2. The van der Waals surface area contributed by atoms with E-state index in [1.165, 1.54) is 6.20 Å². The van der Waals surface area contributed by atoms with Gasteiger partial charge in [-0.2, -0.15) is 10.2 Å². The summed E-state index contributed by atoms with van der Waals surface area (Å²) in [4.78, 5) is 11.9. The number of anilines is 1. The lowest BCUT2D eigenvalue weighted by molar-refractivity contribution is -0.117. The number of carbonyl (C=O) groups excluding carboxylic acids is 1. The molecule has 0 aliphatic heterocycles. The van der Waals surface area contributed by atoms with Crippen LogP contribution in [0.2, 0.25) is 10.0 Å². The van der Waals surface area contributed by atoms with Gasteiger partial charge in [0, 0.05) is 23.2 Å². The lowest BCUT2D eigenvalue weighted by atomic mass is 10.0. The van der Waals surface area contributed by atoms with Crippen LogP contribution in [0.3, 0.4) is 0 Å². The SMILES string of the molecule is O=C(Nc1cc2cc(-c3c(Cl)c(F)c(Cl)c4[nH]ncc34)ccn2n1)[C@@H]1C[C@@H]1F. The number of halogens is 4. The predicted octanol–water partition coefficient (Wildman–Crippen LogP) is 4.62. The summed E-state index contributed by atoms with van der Waals surface area (Å²) in [6.45, 7) is 0. The first-order chi connectivity index (χ1) is 13.4. The van der Waals surface area contributed by atoms with Gasteiger partial charge in [0.25, 0.3) is 0 Å². The zero-order valence-corrected chi connectivity index (χ0v) is 15.5. The molecule has 0 radical (unpaired) electrons. The molecule has 5 rings (SSSR count). The van der Waals surface area contributed by atoms with Crippen LogP contribution in [0.15, 0.2) is 30.6 Å². The predicted molar refractivity (Wildman–Crippen MR) is 102 cm³/mol. The van der Waals surface area contributed by atoms with Gasteiger partial charge >= 0.3 is 0 Å². The number of hydrogen-bond acceptors (Lipinski definition) is 3. The number of carbonyl (C=O) groups is 1. The molecule has 0 spiro atoms. The van der Waals surface area contributed by atoms with Crippen LogP contribution in [-0.4, -0.2) is 31.9 Å². The van der Waals surface area contributed by atoms with E-state index in [-0.39, 0.29) is 22.4 Å². The molecule has 142 valence electrons. The lowest BCUT2D eigenvalue weighted by Gasteiger charge is -2.09. The number of benzene rings is 1. The van der Waals surface area contributed by atoms with Crippen LogP contribution in [0.4, 0.5) is 14.6 Å². The number of H-pyrrole nitrogens is 1. The topological polar surface area (TPSA) is 75.1 Å². The minimum Gasteiger partial charge on any atom is -0.309 e. The average molecular weight is 422 g/mol. The van der Waals surface area contributed by atoms with Gasteiger partial charge in [-0.1, -0.05) is 23.2 Å². The summed E-state index contributed by atoms with van der Waals surface area (Å²) in [6, 6.07) is 5.10. The maximum atomic E-state index is 14.5. The van der Waals surface area contributed by atoms with Crippen LogP contribution in [-0.2, 0) is 4.79 Å². The van der Waals surface area contributed by atoms with Crippen molar-refractivity contribution < 1.29 is 13.6 Å². The van der Waals surface area contributed by atoms with E-state index in [2.05, 4.69) is 20.6 Å². The summed E-state index contributed by atoms with van der Waals surface area (Å²) in [5.41, 5.74) is 2.07. The largest absolute Gasteiger partial charge is 0.309 e. The third-order valence-corrected chi connectivity index (χ3v) is 5.50. The molecule has 3 heterocycles. The number of nitrogens with zero attached hydrogens (tertiary/aromatic N) is 3. The Balaban J connectivity index is 1.58. The molecule has 1 amide bonds. The van der Waals surface area contributed by atoms with Crippen LogP contribution in [0.1, 0.15) is 6.42 Å². The Kier molecular flexibility index (Phi) is 3.82. The molecule has 1 aliphatic rings. The van der Waals surface area contributed by atoms with Gasteiger partial charge in [-0.05, 0) is 24.1 Å². The van der Waals surface area contributed by atoms with Crippen molar-refractivity contribution in [3.8, 4) is 11.1 Å². The van der Waals surface area contributed by atoms with E-state index in [9.17, 15) is 13.6 Å². The number of pyridine rings is 1. The zero-order valence-electron chi connectivity index (χ0n) is 14.0. The van der Waals surface area contributed by atoms with Crippen LogP contribution < -0.4 is 5.32 Å². The number of aromatic amines is 1. The highest BCUT2D eigenvalue weighted by Crippen LogP contribution is 2.41. The van der Waals surface area contributed by atoms with Gasteiger partial charge in [0.15, 0.2) is 11.6 Å². The highest BCUT2D eigenvalue weighted by Gasteiger charge is 2.43. The van der Waals surface area contributed by atoms with Crippen molar-refractivity contribution in [1.82, 2.24) is 19.8 Å². The maximum absolute atomic E-state index is 14.5. The number of alkyl halides is 1. The average Bonchev–Trinajstić information content (AvgIpc) is 3.06. The van der Waals surface area contributed by atoms with Crippen molar-refractivity contribution in [2.24, 2.45) is 5.92 Å². The molecule has 0 unspecified atom stereocenters. The maximum Gasteiger partial charge on any atom is 0.231 e. The molecule has 1 aromatic carbocycles. The number of fused-ring (bicyclic) bond motifs is 2. The molecule has 2 atom stereocenters. The Morgan fingerprint density at radius 1 is 1.32 bits per heavy atom. The molecule has 1 saturated carbocycles. The second kappa shape index (κ2) is 6.15. The Labute approximate surface area is 166 Å². The highest BCUT2D eigenvalue weighted by molar-refractivity contribution is 6.41. The standard InChI is InChI=1S/C18H11Cl2F2N5O/c19-14-13(10-6-23-25-17(10)15(20)16(14)22)7-1-2-27-8(3-7)4-12(26-27)24-18(28)9-5-11(9)21/h1-4,6,9,11H,5H2,(H,23,25)(H,24,26,28)/t9-,11+/m1/s1. The van der Waals surface area contributed by atoms with Gasteiger partial charge in [0.1, 0.15) is 11.2 Å². The fourth-order valence-electron chi connectivity index (χ4n) is 3.22. The molecule has 3 aromatic heterocycles. The summed E-state index contributed by atoms with van der Waals surface area (Å²) < 4.78 is 29.0. The second-order valence-corrected chi connectivity index (χ2v) is 7.39. The molecule has 0 saturated heterocycles. The van der Waals surface area contributed by atoms with Gasteiger partial charge < -0.3 is 5.32 Å². The molecule has 6 nitrogen and oxygen atoms in total. The monoisotopic (exact) mass is 421 g/mol. The molecule has 1 fully saturated rings. The molecule has 2 N–H and O–H groups in total. The van der Waals surface area contributed by atoms with Crippen LogP contribution in [0, 0.1) is 11.7 Å². The van der Waals surface area contributed by atoms with Crippen molar-refractivity contribution in [3.05, 3.63) is 46.5 Å². The summed E-state index contributed by atoms with van der Waals surface area (Å²) in [5.74, 6) is -1.42. The number of rotatable bonds is 3. The van der Waals surface area contributed by atoms with E-state index in [0.717, 1.165) is 0 Å². The van der Waals surface area contributed by atoms with Gasteiger partial charge in [-0.25, -0.2) is 13.3 Å². The number of aromatic nitrogens is 4. The summed E-state index contributed by atoms with van der Waals surface area (Å²) in [7, 11) is 0. The van der Waals surface area contributed by atoms with E-state index >= 15 is 0 Å². The fraction of sp³-hybridized carbons (Fsp3) is 0.167. The quantitative estimate of drug-likeness (QED) is 0.473. The van der Waals surface area contributed by atoms with Crippen molar-refractivity contribution >= 4 is 51.3 Å². The summed E-state index contributed by atoms with van der Waals surface area (Å²) in [6.07, 6.45) is 2.34. The van der Waals surface area contributed by atoms with Crippen LogP contribution in [0.25, 0.3) is 27.5 Å². The highest BCUT2D eigenvalue weighted by atomic mass is 35.5. The zero-order chi connectivity index (χ0) is 19.6. The first-order valence-corrected chi connectivity index (χ1v) is 9.14. The Bertz CT molecular complexity index is 1270. The molecular formula is C18H11Cl2F2N5O. The van der Waals surface area contributed by atoms with Gasteiger partial charge in [-0.3, -0.25) is 9.89 Å². The van der Waals surface area contributed by atoms with Gasteiger partial charge in [0.05, 0.1) is 28.2 Å². The van der Waals surface area contributed by atoms with Crippen molar-refractivity contribution in [2.45, 2.75) is 12.6 Å². The number of amides is 1. The molecule has 28 heavy (non-hydrogen) atoms. The van der Waals surface area contributed by atoms with Crippen molar-refractivity contribution in [2.75, 3.05) is 5.32 Å². The first kappa shape index (κ1) is 17.4. The molecule has 0 bridgehead atoms. The number of hydrogen-bond donors (Lipinski definition) is 2. The Hall–Kier alpha value is -2.71. The van der Waals surface area contributed by atoms with E-state index in [1.54, 1.807) is 28.9 Å².